The number of hydrogen-bond acceptors (Lipinski definition) is 3. The summed E-state index contributed by atoms with van der Waals surface area (Å²) in [6.07, 6.45) is 3.39. The second-order valence-electron chi connectivity index (χ2n) is 8.20. The van der Waals surface area contributed by atoms with Crippen LogP contribution < -0.4 is 10.1 Å². The van der Waals surface area contributed by atoms with Gasteiger partial charge in [0.15, 0.2) is 0 Å². The third-order valence-corrected chi connectivity index (χ3v) is 5.56. The van der Waals surface area contributed by atoms with E-state index in [1.807, 2.05) is 13.8 Å². The van der Waals surface area contributed by atoms with Crippen molar-refractivity contribution in [2.24, 2.45) is 5.92 Å². The van der Waals surface area contributed by atoms with Crippen molar-refractivity contribution in [1.82, 2.24) is 5.32 Å². The molecule has 160 valence electrons. The van der Waals surface area contributed by atoms with Crippen LogP contribution in [0.5, 0.6) is 5.75 Å². The molecule has 0 aromatic heterocycles. The fourth-order valence-corrected chi connectivity index (χ4v) is 4.13. The molecule has 2 atom stereocenters. The fourth-order valence-electron chi connectivity index (χ4n) is 4.13. The van der Waals surface area contributed by atoms with Crippen LogP contribution in [0.15, 0.2) is 54.6 Å². The van der Waals surface area contributed by atoms with Gasteiger partial charge in [-0.05, 0) is 75.4 Å². The van der Waals surface area contributed by atoms with Crippen LogP contribution in [-0.2, 0) is 4.74 Å². The van der Waals surface area contributed by atoms with Gasteiger partial charge in [-0.25, -0.2) is 0 Å². The minimum absolute atomic E-state index is 0.0280. The Morgan fingerprint density at radius 3 is 2.31 bits per heavy atom. The molecule has 0 bridgehead atoms. The highest BCUT2D eigenvalue weighted by Gasteiger charge is 2.28. The second-order valence-corrected chi connectivity index (χ2v) is 8.20. The molecule has 0 aliphatic carbocycles. The van der Waals surface area contributed by atoms with Gasteiger partial charge in [-0.1, -0.05) is 56.3 Å². The van der Waals surface area contributed by atoms with Crippen molar-refractivity contribution < 1.29 is 9.47 Å². The lowest BCUT2D eigenvalue weighted by molar-refractivity contribution is -0.0717. The Kier molecular flexibility index (Phi) is 9.69. The summed E-state index contributed by atoms with van der Waals surface area (Å²) in [4.78, 5) is 0. The maximum atomic E-state index is 5.84. The average Bonchev–Trinajstić information content (AvgIpc) is 2.75. The quantitative estimate of drug-likeness (QED) is 0.551. The van der Waals surface area contributed by atoms with Crippen LogP contribution in [0.4, 0.5) is 0 Å². The zero-order valence-corrected chi connectivity index (χ0v) is 18.9. The van der Waals surface area contributed by atoms with Crippen molar-refractivity contribution in [2.75, 3.05) is 26.8 Å². The molecule has 3 heteroatoms. The lowest BCUT2D eigenvalue weighted by Crippen LogP contribution is -2.38. The summed E-state index contributed by atoms with van der Waals surface area (Å²) >= 11 is 0. The first-order chi connectivity index (χ1) is 14.1. The molecule has 0 saturated carbocycles. The van der Waals surface area contributed by atoms with Crippen LogP contribution in [0.1, 0.15) is 64.0 Å². The van der Waals surface area contributed by atoms with E-state index in [0.717, 1.165) is 44.7 Å². The Balaban J connectivity index is 0.00000145. The van der Waals surface area contributed by atoms with E-state index < -0.39 is 0 Å². The summed E-state index contributed by atoms with van der Waals surface area (Å²) < 4.78 is 11.2. The van der Waals surface area contributed by atoms with E-state index in [1.54, 1.807) is 7.11 Å². The third kappa shape index (κ3) is 7.49. The van der Waals surface area contributed by atoms with Gasteiger partial charge in [-0.15, -0.1) is 0 Å². The smallest absolute Gasteiger partial charge is 0.118 e. The van der Waals surface area contributed by atoms with Crippen molar-refractivity contribution in [2.45, 2.75) is 58.5 Å². The first kappa shape index (κ1) is 23.4. The highest BCUT2D eigenvalue weighted by atomic mass is 16.5. The largest absolute Gasteiger partial charge is 0.497 e. The molecule has 1 fully saturated rings. The van der Waals surface area contributed by atoms with Gasteiger partial charge in [-0.2, -0.15) is 0 Å². The standard InChI is InChI=1S/C24H33NO2.C2H6/c1-24(2)17-19(14-16-27-24)18-25-15-13-23(20-7-5-4-6-8-20)21-9-11-22(26-3)12-10-21;1-2/h4-12,19,23,25H,13-18H2,1-3H3;1-2H3. The molecular weight excluding hydrogens is 358 g/mol. The Hall–Kier alpha value is -1.84. The van der Waals surface area contributed by atoms with Crippen molar-refractivity contribution in [3.63, 3.8) is 0 Å². The maximum Gasteiger partial charge on any atom is 0.118 e. The van der Waals surface area contributed by atoms with Crippen LogP contribution >= 0.6 is 0 Å². The topological polar surface area (TPSA) is 30.5 Å². The zero-order valence-electron chi connectivity index (χ0n) is 18.9. The third-order valence-electron chi connectivity index (χ3n) is 5.56. The monoisotopic (exact) mass is 397 g/mol. The molecule has 3 nitrogen and oxygen atoms in total. The van der Waals surface area contributed by atoms with Gasteiger partial charge in [0.25, 0.3) is 0 Å². The molecule has 2 aromatic carbocycles. The molecule has 1 heterocycles. The average molecular weight is 398 g/mol. The molecule has 3 rings (SSSR count). The summed E-state index contributed by atoms with van der Waals surface area (Å²) in [5, 5.41) is 3.71. The molecule has 1 aliphatic heterocycles. The number of hydrogen-bond donors (Lipinski definition) is 1. The molecule has 2 aromatic rings. The van der Waals surface area contributed by atoms with Crippen LogP contribution in [0.25, 0.3) is 0 Å². The Labute approximate surface area is 177 Å². The molecule has 29 heavy (non-hydrogen) atoms. The number of methoxy groups -OCH3 is 1. The minimum Gasteiger partial charge on any atom is -0.497 e. The first-order valence-electron chi connectivity index (χ1n) is 11.1. The molecule has 0 spiro atoms. The Morgan fingerprint density at radius 1 is 1.03 bits per heavy atom. The van der Waals surface area contributed by atoms with Gasteiger partial charge in [0.05, 0.1) is 12.7 Å². The van der Waals surface area contributed by atoms with Crippen molar-refractivity contribution in [1.29, 1.82) is 0 Å². The summed E-state index contributed by atoms with van der Waals surface area (Å²) in [6, 6.07) is 19.3. The summed E-state index contributed by atoms with van der Waals surface area (Å²) in [5.74, 6) is 2.02. The molecule has 0 amide bonds. The second kappa shape index (κ2) is 12.0. The Bertz CT molecular complexity index is 682. The Morgan fingerprint density at radius 2 is 1.69 bits per heavy atom. The number of rotatable bonds is 8. The minimum atomic E-state index is 0.0280. The van der Waals surface area contributed by atoms with Gasteiger partial charge in [0, 0.05) is 12.5 Å². The van der Waals surface area contributed by atoms with Crippen LogP contribution in [-0.4, -0.2) is 32.4 Å². The molecule has 2 unspecified atom stereocenters. The number of nitrogens with one attached hydrogen (secondary N) is 1. The highest BCUT2D eigenvalue weighted by molar-refractivity contribution is 5.36. The summed E-state index contributed by atoms with van der Waals surface area (Å²) in [7, 11) is 1.71. The van der Waals surface area contributed by atoms with Crippen LogP contribution in [0.3, 0.4) is 0 Å². The van der Waals surface area contributed by atoms with Crippen LogP contribution in [0.2, 0.25) is 0 Å². The lowest BCUT2D eigenvalue weighted by atomic mass is 9.87. The van der Waals surface area contributed by atoms with E-state index in [4.69, 9.17) is 9.47 Å². The van der Waals surface area contributed by atoms with E-state index in [0.29, 0.717) is 11.8 Å². The number of benzene rings is 2. The molecule has 1 saturated heterocycles. The first-order valence-corrected chi connectivity index (χ1v) is 11.1. The van der Waals surface area contributed by atoms with E-state index in [9.17, 15) is 0 Å². The number of ether oxygens (including phenoxy) is 2. The van der Waals surface area contributed by atoms with Gasteiger partial charge in [-0.3, -0.25) is 0 Å². The van der Waals surface area contributed by atoms with E-state index in [2.05, 4.69) is 73.8 Å². The molecule has 1 N–H and O–H groups in total. The van der Waals surface area contributed by atoms with Crippen LogP contribution in [0, 0.1) is 5.92 Å². The summed E-state index contributed by atoms with van der Waals surface area (Å²) in [5.41, 5.74) is 2.74. The van der Waals surface area contributed by atoms with Crippen molar-refractivity contribution in [3.8, 4) is 5.75 Å². The van der Waals surface area contributed by atoms with E-state index >= 15 is 0 Å². The van der Waals surface area contributed by atoms with Gasteiger partial charge < -0.3 is 14.8 Å². The lowest BCUT2D eigenvalue weighted by Gasteiger charge is -2.35. The summed E-state index contributed by atoms with van der Waals surface area (Å²) in [6.45, 7) is 11.4. The molecule has 1 aliphatic rings. The van der Waals surface area contributed by atoms with E-state index in [1.165, 1.54) is 11.1 Å². The SMILES string of the molecule is CC.COc1ccc(C(CCNCC2CCOC(C)(C)C2)c2ccccc2)cc1. The predicted octanol–water partition coefficient (Wildman–Crippen LogP) is 6.04. The van der Waals surface area contributed by atoms with E-state index in [-0.39, 0.29) is 5.60 Å². The van der Waals surface area contributed by atoms with Gasteiger partial charge in [0.2, 0.25) is 0 Å². The predicted molar refractivity (Wildman–Crippen MR) is 123 cm³/mol. The van der Waals surface area contributed by atoms with Crippen molar-refractivity contribution >= 4 is 0 Å². The maximum absolute atomic E-state index is 5.84. The molecular formula is C26H39NO2. The zero-order chi connectivity index (χ0) is 21.1. The fraction of sp³-hybridized carbons (Fsp3) is 0.538. The normalized spacial score (nSPS) is 19.0. The van der Waals surface area contributed by atoms with Gasteiger partial charge in [0.1, 0.15) is 5.75 Å². The molecule has 0 radical (unpaired) electrons. The van der Waals surface area contributed by atoms with Crippen molar-refractivity contribution in [3.05, 3.63) is 65.7 Å². The highest BCUT2D eigenvalue weighted by Crippen LogP contribution is 2.30. The van der Waals surface area contributed by atoms with Gasteiger partial charge >= 0.3 is 0 Å².